The number of nitrogens with zero attached hydrogens (tertiary/aromatic N) is 4. The molecule has 11 heteroatoms. The van der Waals surface area contributed by atoms with Crippen molar-refractivity contribution in [3.8, 4) is 0 Å². The Hall–Kier alpha value is -4.12. The molecular weight excluding hydrogens is 464 g/mol. The fourth-order valence-corrected chi connectivity index (χ4v) is 4.31. The number of aromatic amines is 1. The first-order chi connectivity index (χ1) is 17.3. The van der Waals surface area contributed by atoms with Crippen molar-refractivity contribution < 1.29 is 14.0 Å². The maximum atomic E-state index is 13.2. The summed E-state index contributed by atoms with van der Waals surface area (Å²) in [7, 11) is 0. The first kappa shape index (κ1) is 25.0. The second kappa shape index (κ2) is 10.6. The number of aryl methyl sites for hydroxylation is 1. The maximum absolute atomic E-state index is 13.2. The van der Waals surface area contributed by atoms with E-state index >= 15 is 0 Å². The van der Waals surface area contributed by atoms with Crippen LogP contribution in [0.2, 0.25) is 0 Å². The molecule has 2 aromatic heterocycles. The summed E-state index contributed by atoms with van der Waals surface area (Å²) in [5.41, 5.74) is 5.71. The van der Waals surface area contributed by atoms with Gasteiger partial charge in [-0.2, -0.15) is 0 Å². The Morgan fingerprint density at radius 2 is 1.75 bits per heavy atom. The Balaban J connectivity index is 1.46. The van der Waals surface area contributed by atoms with E-state index in [1.165, 1.54) is 9.47 Å². The topological polar surface area (TPSA) is 138 Å². The molecule has 1 fully saturated rings. The van der Waals surface area contributed by atoms with Gasteiger partial charge in [0, 0.05) is 32.7 Å². The van der Waals surface area contributed by atoms with Gasteiger partial charge in [-0.15, -0.1) is 0 Å². The van der Waals surface area contributed by atoms with E-state index in [1.54, 1.807) is 30.9 Å². The summed E-state index contributed by atoms with van der Waals surface area (Å²) in [6.07, 6.45) is 0. The molecule has 1 aliphatic heterocycles. The van der Waals surface area contributed by atoms with E-state index in [-0.39, 0.29) is 43.0 Å². The molecule has 2 amide bonds. The SMILES string of the molecule is CCN(C(=O)CN1CCN(C(=O)c2ccc(C)o2)CC1)c1c(N)n(Cc2ccccc2)c(=O)[nH]c1=O. The molecule has 11 nitrogen and oxygen atoms in total. The standard InChI is InChI=1S/C25H30N6O5/c1-3-30(21-22(26)31(25(35)27-23(21)33)15-18-7-5-4-6-8-18)20(32)16-28-11-13-29(14-12-28)24(34)19-10-9-17(2)36-19/h4-10H,3,11-16,26H2,1-2H3,(H,27,33,35). The van der Waals surface area contributed by atoms with E-state index in [0.717, 1.165) is 5.56 Å². The van der Waals surface area contributed by atoms with Crippen molar-refractivity contribution in [2.75, 3.05) is 49.9 Å². The first-order valence-corrected chi connectivity index (χ1v) is 11.8. The number of furan rings is 1. The van der Waals surface area contributed by atoms with Crippen LogP contribution in [0.5, 0.6) is 0 Å². The van der Waals surface area contributed by atoms with Gasteiger partial charge in [0.25, 0.3) is 11.5 Å². The summed E-state index contributed by atoms with van der Waals surface area (Å²) < 4.78 is 6.68. The van der Waals surface area contributed by atoms with Crippen molar-refractivity contribution in [1.29, 1.82) is 0 Å². The van der Waals surface area contributed by atoms with Gasteiger partial charge in [-0.3, -0.25) is 28.8 Å². The highest BCUT2D eigenvalue weighted by Crippen LogP contribution is 2.19. The number of piperazine rings is 1. The Morgan fingerprint density at radius 3 is 2.36 bits per heavy atom. The predicted octanol–water partition coefficient (Wildman–Crippen LogP) is 0.879. The zero-order valence-corrected chi connectivity index (χ0v) is 20.4. The Kier molecular flexibility index (Phi) is 7.39. The van der Waals surface area contributed by atoms with Crippen molar-refractivity contribution in [3.05, 3.63) is 80.4 Å². The van der Waals surface area contributed by atoms with Crippen molar-refractivity contribution >= 4 is 23.3 Å². The number of nitrogens with one attached hydrogen (secondary N) is 1. The number of anilines is 2. The molecule has 0 atom stereocenters. The molecule has 36 heavy (non-hydrogen) atoms. The minimum atomic E-state index is -0.707. The summed E-state index contributed by atoms with van der Waals surface area (Å²) in [5, 5.41) is 0. The Labute approximate surface area is 207 Å². The van der Waals surface area contributed by atoms with Crippen molar-refractivity contribution in [2.24, 2.45) is 0 Å². The molecule has 0 saturated carbocycles. The highest BCUT2D eigenvalue weighted by Gasteiger charge is 2.28. The number of likely N-dealkylation sites (N-methyl/N-ethyl adjacent to an activating group) is 1. The Morgan fingerprint density at radius 1 is 1.06 bits per heavy atom. The second-order valence-electron chi connectivity index (χ2n) is 8.68. The molecule has 0 bridgehead atoms. The molecule has 1 saturated heterocycles. The fourth-order valence-electron chi connectivity index (χ4n) is 4.31. The fraction of sp³-hybridized carbons (Fsp3) is 0.360. The van der Waals surface area contributed by atoms with Crippen molar-refractivity contribution in [1.82, 2.24) is 19.4 Å². The summed E-state index contributed by atoms with van der Waals surface area (Å²) in [4.78, 5) is 58.2. The quantitative estimate of drug-likeness (QED) is 0.497. The smallest absolute Gasteiger partial charge is 0.330 e. The molecule has 0 aliphatic carbocycles. The molecule has 3 aromatic rings. The van der Waals surface area contributed by atoms with Crippen LogP contribution in [0.4, 0.5) is 11.5 Å². The van der Waals surface area contributed by atoms with Crippen LogP contribution in [0.15, 0.2) is 56.5 Å². The molecule has 3 heterocycles. The molecule has 3 N–H and O–H groups in total. The van der Waals surface area contributed by atoms with Crippen LogP contribution in [0, 0.1) is 6.92 Å². The van der Waals surface area contributed by atoms with Gasteiger partial charge in [0.2, 0.25) is 5.91 Å². The van der Waals surface area contributed by atoms with Gasteiger partial charge in [0.05, 0.1) is 13.1 Å². The summed E-state index contributed by atoms with van der Waals surface area (Å²) >= 11 is 0. The third-order valence-electron chi connectivity index (χ3n) is 6.25. The van der Waals surface area contributed by atoms with Gasteiger partial charge < -0.3 is 20.0 Å². The van der Waals surface area contributed by atoms with E-state index in [0.29, 0.717) is 37.7 Å². The number of benzene rings is 1. The Bertz CT molecular complexity index is 1350. The van der Waals surface area contributed by atoms with Gasteiger partial charge >= 0.3 is 5.69 Å². The number of H-pyrrole nitrogens is 1. The lowest BCUT2D eigenvalue weighted by molar-refractivity contribution is -0.120. The number of nitrogen functional groups attached to an aromatic ring is 1. The number of rotatable bonds is 7. The van der Waals surface area contributed by atoms with Crippen LogP contribution in [0.3, 0.4) is 0 Å². The number of hydrogen-bond acceptors (Lipinski definition) is 7. The summed E-state index contributed by atoms with van der Waals surface area (Å²) in [5.74, 6) is 0.415. The van der Waals surface area contributed by atoms with Gasteiger partial charge in [0.15, 0.2) is 11.4 Å². The molecular formula is C25H30N6O5. The van der Waals surface area contributed by atoms with Gasteiger partial charge in [-0.25, -0.2) is 4.79 Å². The lowest BCUT2D eigenvalue weighted by Gasteiger charge is -2.35. The van der Waals surface area contributed by atoms with Crippen LogP contribution < -0.4 is 21.9 Å². The highest BCUT2D eigenvalue weighted by atomic mass is 16.3. The lowest BCUT2D eigenvalue weighted by atomic mass is 10.2. The number of carbonyl (C=O) groups excluding carboxylic acids is 2. The number of aromatic nitrogens is 2. The van der Waals surface area contributed by atoms with E-state index in [1.807, 2.05) is 35.2 Å². The summed E-state index contributed by atoms with van der Waals surface area (Å²) in [6.45, 7) is 5.81. The molecule has 0 radical (unpaired) electrons. The van der Waals surface area contributed by atoms with Crippen LogP contribution in [0.25, 0.3) is 0 Å². The molecule has 0 spiro atoms. The van der Waals surface area contributed by atoms with Crippen LogP contribution in [0.1, 0.15) is 28.8 Å². The number of carbonyl (C=O) groups is 2. The zero-order chi connectivity index (χ0) is 25.8. The van der Waals surface area contributed by atoms with Crippen LogP contribution in [-0.4, -0.2) is 70.4 Å². The van der Waals surface area contributed by atoms with E-state index in [2.05, 4.69) is 4.98 Å². The molecule has 1 aliphatic rings. The zero-order valence-electron chi connectivity index (χ0n) is 20.4. The molecule has 190 valence electrons. The first-order valence-electron chi connectivity index (χ1n) is 11.8. The lowest BCUT2D eigenvalue weighted by Crippen LogP contribution is -2.52. The largest absolute Gasteiger partial charge is 0.456 e. The molecule has 4 rings (SSSR count). The normalized spacial score (nSPS) is 14.1. The van der Waals surface area contributed by atoms with Gasteiger partial charge in [-0.05, 0) is 31.5 Å². The van der Waals surface area contributed by atoms with Gasteiger partial charge in [-0.1, -0.05) is 30.3 Å². The monoisotopic (exact) mass is 494 g/mol. The van der Waals surface area contributed by atoms with Crippen molar-refractivity contribution in [3.63, 3.8) is 0 Å². The van der Waals surface area contributed by atoms with Gasteiger partial charge in [0.1, 0.15) is 11.6 Å². The van der Waals surface area contributed by atoms with Crippen LogP contribution in [-0.2, 0) is 11.3 Å². The predicted molar refractivity (Wildman–Crippen MR) is 135 cm³/mol. The third-order valence-corrected chi connectivity index (χ3v) is 6.25. The minimum absolute atomic E-state index is 0.0416. The average Bonchev–Trinajstić information content (AvgIpc) is 3.31. The maximum Gasteiger partial charge on any atom is 0.330 e. The third kappa shape index (κ3) is 5.25. The second-order valence-corrected chi connectivity index (χ2v) is 8.68. The summed E-state index contributed by atoms with van der Waals surface area (Å²) in [6, 6.07) is 12.6. The molecule has 0 unspecified atom stereocenters. The average molecular weight is 495 g/mol. The van der Waals surface area contributed by atoms with Crippen LogP contribution >= 0.6 is 0 Å². The van der Waals surface area contributed by atoms with E-state index in [4.69, 9.17) is 10.2 Å². The number of nitrogens with two attached hydrogens (primary N) is 1. The minimum Gasteiger partial charge on any atom is -0.456 e. The number of amides is 2. The van der Waals surface area contributed by atoms with Crippen molar-refractivity contribution in [2.45, 2.75) is 20.4 Å². The van der Waals surface area contributed by atoms with E-state index < -0.39 is 11.2 Å². The highest BCUT2D eigenvalue weighted by molar-refractivity contribution is 5.97. The molecule has 1 aromatic carbocycles. The van der Waals surface area contributed by atoms with E-state index in [9.17, 15) is 19.2 Å². The number of hydrogen-bond donors (Lipinski definition) is 2.